The zero-order valence-electron chi connectivity index (χ0n) is 10.3. The fourth-order valence-electron chi connectivity index (χ4n) is 1.39. The summed E-state index contributed by atoms with van der Waals surface area (Å²) in [5.41, 5.74) is 0.936. The summed E-state index contributed by atoms with van der Waals surface area (Å²) >= 11 is 3.34. The Balaban J connectivity index is 2.47. The van der Waals surface area contributed by atoms with E-state index in [1.807, 2.05) is 24.3 Å². The Kier molecular flexibility index (Phi) is 5.78. The third-order valence-corrected chi connectivity index (χ3v) is 2.88. The summed E-state index contributed by atoms with van der Waals surface area (Å²) in [6.07, 6.45) is -1.59. The fraction of sp³-hybridized carbons (Fsp3) is 0.333. The predicted molar refractivity (Wildman–Crippen MR) is 72.7 cm³/mol. The average molecular weight is 331 g/mol. The SMILES string of the molecule is CN(Cc1cccc(Br)c1)C(=O)NC[C@H](O)C(=O)O. The van der Waals surface area contributed by atoms with Crippen LogP contribution in [-0.2, 0) is 11.3 Å². The average Bonchev–Trinajstić information content (AvgIpc) is 2.35. The second kappa shape index (κ2) is 7.10. The number of aliphatic hydroxyl groups excluding tert-OH is 1. The molecule has 104 valence electrons. The number of carbonyl (C=O) groups excluding carboxylic acids is 1. The lowest BCUT2D eigenvalue weighted by Crippen LogP contribution is -2.42. The molecule has 0 aliphatic heterocycles. The van der Waals surface area contributed by atoms with Gasteiger partial charge < -0.3 is 20.4 Å². The zero-order valence-corrected chi connectivity index (χ0v) is 11.9. The first-order valence-corrected chi connectivity index (χ1v) is 6.33. The van der Waals surface area contributed by atoms with E-state index in [9.17, 15) is 9.59 Å². The molecule has 0 saturated heterocycles. The molecule has 0 unspecified atom stereocenters. The van der Waals surface area contributed by atoms with Gasteiger partial charge >= 0.3 is 12.0 Å². The first-order valence-electron chi connectivity index (χ1n) is 5.54. The van der Waals surface area contributed by atoms with Crippen LogP contribution in [0.4, 0.5) is 4.79 Å². The molecule has 6 nitrogen and oxygen atoms in total. The maximum Gasteiger partial charge on any atom is 0.334 e. The zero-order chi connectivity index (χ0) is 14.4. The number of amides is 2. The maximum atomic E-state index is 11.7. The van der Waals surface area contributed by atoms with Crippen LogP contribution in [0.15, 0.2) is 28.7 Å². The highest BCUT2D eigenvalue weighted by atomic mass is 79.9. The first kappa shape index (κ1) is 15.5. The van der Waals surface area contributed by atoms with Gasteiger partial charge in [0.25, 0.3) is 0 Å². The molecule has 1 aromatic rings. The van der Waals surface area contributed by atoms with Crippen molar-refractivity contribution in [3.8, 4) is 0 Å². The molecule has 1 aromatic carbocycles. The largest absolute Gasteiger partial charge is 0.479 e. The summed E-state index contributed by atoms with van der Waals surface area (Å²) in [5, 5.41) is 19.9. The Morgan fingerprint density at radius 2 is 2.16 bits per heavy atom. The van der Waals surface area contributed by atoms with Crippen molar-refractivity contribution in [1.29, 1.82) is 0 Å². The van der Waals surface area contributed by atoms with E-state index in [4.69, 9.17) is 10.2 Å². The van der Waals surface area contributed by atoms with Crippen LogP contribution < -0.4 is 5.32 Å². The molecule has 1 atom stereocenters. The molecular formula is C12H15BrN2O4. The minimum absolute atomic E-state index is 0.322. The van der Waals surface area contributed by atoms with Gasteiger partial charge in [0.2, 0.25) is 0 Å². The Hall–Kier alpha value is -1.60. The van der Waals surface area contributed by atoms with Crippen LogP contribution in [0, 0.1) is 0 Å². The van der Waals surface area contributed by atoms with Gasteiger partial charge in [0, 0.05) is 18.1 Å². The lowest BCUT2D eigenvalue weighted by atomic mass is 10.2. The molecule has 1 rings (SSSR count). The number of carboxylic acid groups (broad SMARTS) is 1. The van der Waals surface area contributed by atoms with E-state index >= 15 is 0 Å². The number of aliphatic carboxylic acids is 1. The molecule has 0 fully saturated rings. The Morgan fingerprint density at radius 3 is 2.74 bits per heavy atom. The summed E-state index contributed by atoms with van der Waals surface area (Å²) in [6.45, 7) is 0.0609. The topological polar surface area (TPSA) is 89.9 Å². The van der Waals surface area contributed by atoms with E-state index in [1.54, 1.807) is 7.05 Å². The number of urea groups is 1. The van der Waals surface area contributed by atoms with Crippen molar-refractivity contribution in [2.75, 3.05) is 13.6 Å². The minimum Gasteiger partial charge on any atom is -0.479 e. The van der Waals surface area contributed by atoms with E-state index in [0.29, 0.717) is 6.54 Å². The number of rotatable bonds is 5. The Morgan fingerprint density at radius 1 is 1.47 bits per heavy atom. The number of aliphatic hydroxyl groups is 1. The molecule has 0 aliphatic carbocycles. The molecule has 19 heavy (non-hydrogen) atoms. The number of hydrogen-bond donors (Lipinski definition) is 3. The summed E-state index contributed by atoms with van der Waals surface area (Å²) < 4.78 is 0.917. The standard InChI is InChI=1S/C12H15BrN2O4/c1-15(7-8-3-2-4-9(13)5-8)12(19)14-6-10(16)11(17)18/h2-5,10,16H,6-7H2,1H3,(H,14,19)(H,17,18)/t10-/m0/s1. The van der Waals surface area contributed by atoms with Crippen molar-refractivity contribution >= 4 is 27.9 Å². The highest BCUT2D eigenvalue weighted by Gasteiger charge is 2.16. The van der Waals surface area contributed by atoms with Gasteiger partial charge in [-0.3, -0.25) is 0 Å². The highest BCUT2D eigenvalue weighted by molar-refractivity contribution is 9.10. The third kappa shape index (κ3) is 5.27. The van der Waals surface area contributed by atoms with Crippen molar-refractivity contribution in [1.82, 2.24) is 10.2 Å². The molecule has 0 spiro atoms. The van der Waals surface area contributed by atoms with Gasteiger partial charge in [-0.1, -0.05) is 28.1 Å². The minimum atomic E-state index is -1.59. The lowest BCUT2D eigenvalue weighted by Gasteiger charge is -2.18. The van der Waals surface area contributed by atoms with Crippen LogP contribution in [0.5, 0.6) is 0 Å². The second-order valence-corrected chi connectivity index (χ2v) is 4.94. The van der Waals surface area contributed by atoms with Crippen molar-refractivity contribution in [3.63, 3.8) is 0 Å². The van der Waals surface area contributed by atoms with Gasteiger partial charge in [0.15, 0.2) is 6.10 Å². The van der Waals surface area contributed by atoms with E-state index < -0.39 is 18.1 Å². The molecule has 0 heterocycles. The van der Waals surface area contributed by atoms with Crippen molar-refractivity contribution in [2.45, 2.75) is 12.6 Å². The first-order chi connectivity index (χ1) is 8.90. The maximum absolute atomic E-state index is 11.7. The molecule has 3 N–H and O–H groups in total. The molecular weight excluding hydrogens is 316 g/mol. The molecule has 0 bridgehead atoms. The number of carbonyl (C=O) groups is 2. The highest BCUT2D eigenvalue weighted by Crippen LogP contribution is 2.12. The number of nitrogens with zero attached hydrogens (tertiary/aromatic N) is 1. The van der Waals surface area contributed by atoms with Crippen LogP contribution in [0.2, 0.25) is 0 Å². The number of nitrogens with one attached hydrogen (secondary N) is 1. The molecule has 0 radical (unpaired) electrons. The fourth-order valence-corrected chi connectivity index (χ4v) is 1.83. The van der Waals surface area contributed by atoms with Gasteiger partial charge in [0.05, 0.1) is 6.54 Å². The number of hydrogen-bond acceptors (Lipinski definition) is 3. The Bertz CT molecular complexity index is 467. The van der Waals surface area contributed by atoms with E-state index in [0.717, 1.165) is 10.0 Å². The van der Waals surface area contributed by atoms with Crippen molar-refractivity contribution in [3.05, 3.63) is 34.3 Å². The van der Waals surface area contributed by atoms with Gasteiger partial charge in [-0.05, 0) is 17.7 Å². The number of halogens is 1. The molecule has 7 heteroatoms. The summed E-state index contributed by atoms with van der Waals surface area (Å²) in [6, 6.07) is 7.06. The van der Waals surface area contributed by atoms with Crippen LogP contribution in [0.3, 0.4) is 0 Å². The molecule has 0 aliphatic rings. The van der Waals surface area contributed by atoms with Crippen LogP contribution in [0.25, 0.3) is 0 Å². The quantitative estimate of drug-likeness (QED) is 0.752. The monoisotopic (exact) mass is 330 g/mol. The van der Waals surface area contributed by atoms with Crippen LogP contribution >= 0.6 is 15.9 Å². The van der Waals surface area contributed by atoms with Crippen LogP contribution in [0.1, 0.15) is 5.56 Å². The molecule has 0 aromatic heterocycles. The van der Waals surface area contributed by atoms with Gasteiger partial charge in [-0.25, -0.2) is 9.59 Å². The van der Waals surface area contributed by atoms with Crippen molar-refractivity contribution < 1.29 is 19.8 Å². The third-order valence-electron chi connectivity index (χ3n) is 2.39. The van der Waals surface area contributed by atoms with E-state index in [1.165, 1.54) is 4.90 Å². The summed E-state index contributed by atoms with van der Waals surface area (Å²) in [4.78, 5) is 23.4. The van der Waals surface area contributed by atoms with Gasteiger partial charge in [-0.15, -0.1) is 0 Å². The predicted octanol–water partition coefficient (Wildman–Crippen LogP) is 1.04. The second-order valence-electron chi connectivity index (χ2n) is 4.03. The number of carboxylic acids is 1. The van der Waals surface area contributed by atoms with Gasteiger partial charge in [0.1, 0.15) is 0 Å². The summed E-state index contributed by atoms with van der Waals surface area (Å²) in [5.74, 6) is -1.37. The van der Waals surface area contributed by atoms with Crippen molar-refractivity contribution in [2.24, 2.45) is 0 Å². The van der Waals surface area contributed by atoms with E-state index in [2.05, 4.69) is 21.2 Å². The van der Waals surface area contributed by atoms with Crippen LogP contribution in [-0.4, -0.2) is 46.8 Å². The molecule has 2 amide bonds. The van der Waals surface area contributed by atoms with Gasteiger partial charge in [-0.2, -0.15) is 0 Å². The summed E-state index contributed by atoms with van der Waals surface area (Å²) in [7, 11) is 1.59. The molecule has 0 saturated carbocycles. The normalized spacial score (nSPS) is 11.7. The smallest absolute Gasteiger partial charge is 0.334 e. The van der Waals surface area contributed by atoms with E-state index in [-0.39, 0.29) is 6.54 Å². The number of benzene rings is 1. The Labute approximate surface area is 119 Å². The lowest BCUT2D eigenvalue weighted by molar-refractivity contribution is -0.146.